The Morgan fingerprint density at radius 3 is 3.06 bits per heavy atom. The third-order valence-corrected chi connectivity index (χ3v) is 3.20. The highest BCUT2D eigenvalue weighted by Gasteiger charge is 2.20. The number of hydrogen-bond acceptors (Lipinski definition) is 4. The van der Waals surface area contributed by atoms with Gasteiger partial charge in [-0.15, -0.1) is 0 Å². The summed E-state index contributed by atoms with van der Waals surface area (Å²) < 4.78 is 11.8. The van der Waals surface area contributed by atoms with Crippen molar-refractivity contribution in [3.05, 3.63) is 30.0 Å². The molecule has 1 fully saturated rings. The van der Waals surface area contributed by atoms with Crippen molar-refractivity contribution < 1.29 is 14.3 Å². The molecule has 5 nitrogen and oxygen atoms in total. The van der Waals surface area contributed by atoms with Gasteiger partial charge in [0.05, 0.1) is 37.6 Å². The number of fused-ring (bicyclic) bond motifs is 1. The lowest BCUT2D eigenvalue weighted by atomic mass is 10.1. The second-order valence-electron chi connectivity index (χ2n) is 4.50. The minimum absolute atomic E-state index is 0.323. The monoisotopic (exact) mass is 246 g/mol. The van der Waals surface area contributed by atoms with E-state index in [4.69, 9.17) is 9.47 Å². The number of benzene rings is 1. The number of nitrogens with zero attached hydrogens (tertiary/aromatic N) is 2. The molecule has 0 radical (unpaired) electrons. The van der Waals surface area contributed by atoms with Crippen molar-refractivity contribution in [2.45, 2.75) is 6.54 Å². The van der Waals surface area contributed by atoms with Crippen molar-refractivity contribution in [1.29, 1.82) is 0 Å². The summed E-state index contributed by atoms with van der Waals surface area (Å²) in [6.07, 6.45) is 1.82. The van der Waals surface area contributed by atoms with E-state index in [0.717, 1.165) is 30.7 Å². The van der Waals surface area contributed by atoms with E-state index in [1.54, 1.807) is 6.07 Å². The molecule has 0 atom stereocenters. The third kappa shape index (κ3) is 1.86. The Morgan fingerprint density at radius 1 is 1.56 bits per heavy atom. The van der Waals surface area contributed by atoms with Gasteiger partial charge in [-0.2, -0.15) is 5.10 Å². The van der Waals surface area contributed by atoms with E-state index in [0.29, 0.717) is 11.5 Å². The highest BCUT2D eigenvalue weighted by molar-refractivity contribution is 5.94. The summed E-state index contributed by atoms with van der Waals surface area (Å²) in [7, 11) is 1.38. The average molecular weight is 246 g/mol. The first-order chi connectivity index (χ1) is 8.78. The second kappa shape index (κ2) is 4.42. The number of esters is 1. The summed E-state index contributed by atoms with van der Waals surface area (Å²) in [6.45, 7) is 2.41. The fraction of sp³-hybridized carbons (Fsp3) is 0.385. The van der Waals surface area contributed by atoms with Gasteiger partial charge < -0.3 is 9.47 Å². The Hall–Kier alpha value is -1.88. The maximum Gasteiger partial charge on any atom is 0.337 e. The lowest BCUT2D eigenvalue weighted by molar-refractivity contribution is -0.0403. The normalized spacial score (nSPS) is 15.6. The predicted octanol–water partition coefficient (Wildman–Crippen LogP) is 1.47. The zero-order chi connectivity index (χ0) is 12.5. The maximum atomic E-state index is 11.5. The van der Waals surface area contributed by atoms with E-state index in [1.807, 2.05) is 23.0 Å². The number of rotatable bonds is 3. The van der Waals surface area contributed by atoms with E-state index in [1.165, 1.54) is 7.11 Å². The quantitative estimate of drug-likeness (QED) is 0.769. The molecule has 2 aromatic rings. The summed E-state index contributed by atoms with van der Waals surface area (Å²) in [6, 6.07) is 5.47. The first-order valence-corrected chi connectivity index (χ1v) is 5.89. The van der Waals surface area contributed by atoms with Crippen LogP contribution in [0.2, 0.25) is 0 Å². The minimum Gasteiger partial charge on any atom is -0.465 e. The largest absolute Gasteiger partial charge is 0.465 e. The lowest BCUT2D eigenvalue weighted by Gasteiger charge is -2.25. The summed E-state index contributed by atoms with van der Waals surface area (Å²) >= 11 is 0. The Kier molecular flexibility index (Phi) is 2.76. The molecular weight excluding hydrogens is 232 g/mol. The van der Waals surface area contributed by atoms with Crippen molar-refractivity contribution in [2.75, 3.05) is 20.3 Å². The molecule has 0 unspecified atom stereocenters. The molecule has 18 heavy (non-hydrogen) atoms. The lowest BCUT2D eigenvalue weighted by Crippen LogP contribution is -2.31. The van der Waals surface area contributed by atoms with Gasteiger partial charge in [0.15, 0.2) is 0 Å². The summed E-state index contributed by atoms with van der Waals surface area (Å²) in [5.41, 5.74) is 1.52. The molecule has 1 aromatic heterocycles. The van der Waals surface area contributed by atoms with Crippen molar-refractivity contribution in [3.8, 4) is 0 Å². The van der Waals surface area contributed by atoms with E-state index in [2.05, 4.69) is 5.10 Å². The third-order valence-electron chi connectivity index (χ3n) is 3.20. The molecule has 0 aliphatic carbocycles. The first-order valence-electron chi connectivity index (χ1n) is 5.89. The molecule has 1 saturated heterocycles. The molecule has 0 saturated carbocycles. The molecule has 1 aliphatic rings. The van der Waals surface area contributed by atoms with Gasteiger partial charge in [-0.1, -0.05) is 6.07 Å². The van der Waals surface area contributed by atoms with E-state index < -0.39 is 0 Å². The van der Waals surface area contributed by atoms with Gasteiger partial charge in [0, 0.05) is 17.8 Å². The van der Waals surface area contributed by atoms with E-state index >= 15 is 0 Å². The van der Waals surface area contributed by atoms with Gasteiger partial charge in [0.2, 0.25) is 0 Å². The van der Waals surface area contributed by atoms with Crippen molar-refractivity contribution in [1.82, 2.24) is 9.78 Å². The Labute approximate surface area is 104 Å². The van der Waals surface area contributed by atoms with Crippen LogP contribution in [0, 0.1) is 5.92 Å². The zero-order valence-electron chi connectivity index (χ0n) is 10.1. The smallest absolute Gasteiger partial charge is 0.337 e. The van der Waals surface area contributed by atoms with Crippen LogP contribution in [0.25, 0.3) is 10.9 Å². The molecule has 0 spiro atoms. The topological polar surface area (TPSA) is 53.3 Å². The molecule has 2 heterocycles. The molecule has 94 valence electrons. The highest BCUT2D eigenvalue weighted by Crippen LogP contribution is 2.19. The summed E-state index contributed by atoms with van der Waals surface area (Å²) in [5, 5.41) is 5.38. The van der Waals surface area contributed by atoms with Crippen LogP contribution in [0.1, 0.15) is 10.4 Å². The average Bonchev–Trinajstić information content (AvgIpc) is 2.75. The van der Waals surface area contributed by atoms with Crippen molar-refractivity contribution >= 4 is 16.9 Å². The van der Waals surface area contributed by atoms with E-state index in [9.17, 15) is 4.79 Å². The number of aromatic nitrogens is 2. The molecule has 5 heteroatoms. The SMILES string of the molecule is COC(=O)c1ccc2cnn(CC3COC3)c2c1. The molecule has 0 amide bonds. The summed E-state index contributed by atoms with van der Waals surface area (Å²) in [4.78, 5) is 11.5. The molecule has 0 bridgehead atoms. The fourth-order valence-electron chi connectivity index (χ4n) is 2.10. The molecule has 1 aliphatic heterocycles. The second-order valence-corrected chi connectivity index (χ2v) is 4.50. The Morgan fingerprint density at radius 2 is 2.39 bits per heavy atom. The van der Waals surface area contributed by atoms with Crippen LogP contribution in [0.15, 0.2) is 24.4 Å². The summed E-state index contributed by atoms with van der Waals surface area (Å²) in [5.74, 6) is 0.200. The Balaban J connectivity index is 1.96. The minimum atomic E-state index is -0.323. The molecule has 3 rings (SSSR count). The van der Waals surface area contributed by atoms with Crippen LogP contribution in [0.5, 0.6) is 0 Å². The predicted molar refractivity (Wildman–Crippen MR) is 65.4 cm³/mol. The van der Waals surface area contributed by atoms with Gasteiger partial charge in [-0.3, -0.25) is 4.68 Å². The van der Waals surface area contributed by atoms with Crippen LogP contribution >= 0.6 is 0 Å². The van der Waals surface area contributed by atoms with Crippen LogP contribution < -0.4 is 0 Å². The van der Waals surface area contributed by atoms with Crippen LogP contribution in [-0.2, 0) is 16.0 Å². The maximum absolute atomic E-state index is 11.5. The molecule has 0 N–H and O–H groups in total. The Bertz CT molecular complexity index is 587. The zero-order valence-corrected chi connectivity index (χ0v) is 10.1. The van der Waals surface area contributed by atoms with Crippen molar-refractivity contribution in [3.63, 3.8) is 0 Å². The van der Waals surface area contributed by atoms with Gasteiger partial charge in [0.25, 0.3) is 0 Å². The highest BCUT2D eigenvalue weighted by atomic mass is 16.5. The standard InChI is InChI=1S/C13H14N2O3/c1-17-13(16)10-2-3-11-5-14-15(12(11)4-10)6-9-7-18-8-9/h2-5,9H,6-8H2,1H3. The van der Waals surface area contributed by atoms with Gasteiger partial charge in [-0.25, -0.2) is 4.79 Å². The number of methoxy groups -OCH3 is 1. The number of carbonyl (C=O) groups excluding carboxylic acids is 1. The van der Waals surface area contributed by atoms with Gasteiger partial charge in [-0.05, 0) is 12.1 Å². The number of ether oxygens (including phenoxy) is 2. The number of hydrogen-bond donors (Lipinski definition) is 0. The first kappa shape index (κ1) is 11.2. The van der Waals surface area contributed by atoms with Crippen molar-refractivity contribution in [2.24, 2.45) is 5.92 Å². The molecule has 1 aromatic carbocycles. The van der Waals surface area contributed by atoms with Gasteiger partial charge in [0.1, 0.15) is 0 Å². The van der Waals surface area contributed by atoms with E-state index in [-0.39, 0.29) is 5.97 Å². The number of carbonyl (C=O) groups is 1. The van der Waals surface area contributed by atoms with Crippen LogP contribution in [0.3, 0.4) is 0 Å². The fourth-order valence-corrected chi connectivity index (χ4v) is 2.10. The van der Waals surface area contributed by atoms with Crippen LogP contribution in [0.4, 0.5) is 0 Å². The van der Waals surface area contributed by atoms with Crippen LogP contribution in [-0.4, -0.2) is 36.1 Å². The molecular formula is C13H14N2O3. The van der Waals surface area contributed by atoms with Gasteiger partial charge >= 0.3 is 5.97 Å².